The molecule has 0 aliphatic carbocycles. The van der Waals surface area contributed by atoms with Gasteiger partial charge in [-0.2, -0.15) is 0 Å². The Morgan fingerprint density at radius 3 is 2.68 bits per heavy atom. The van der Waals surface area contributed by atoms with Gasteiger partial charge in [0.25, 0.3) is 5.91 Å². The van der Waals surface area contributed by atoms with E-state index < -0.39 is 11.7 Å². The fraction of sp³-hybridized carbons (Fsp3) is 0.500. The quantitative estimate of drug-likeness (QED) is 0.830. The minimum atomic E-state index is -0.672. The average Bonchev–Trinajstić information content (AvgIpc) is 2.38. The Labute approximate surface area is 112 Å². The Balaban J connectivity index is 2.88. The van der Waals surface area contributed by atoms with Crippen molar-refractivity contribution in [2.24, 2.45) is 5.92 Å². The first-order chi connectivity index (χ1) is 9.01. The third-order valence-corrected chi connectivity index (χ3v) is 2.99. The molecule has 0 aromatic heterocycles. The van der Waals surface area contributed by atoms with Gasteiger partial charge in [0.2, 0.25) is 0 Å². The van der Waals surface area contributed by atoms with E-state index in [1.54, 1.807) is 6.07 Å². The fourth-order valence-electron chi connectivity index (χ4n) is 1.80. The number of aliphatic hydroxyl groups is 1. The van der Waals surface area contributed by atoms with Crippen molar-refractivity contribution in [2.45, 2.75) is 26.3 Å². The van der Waals surface area contributed by atoms with E-state index in [0.29, 0.717) is 6.42 Å². The van der Waals surface area contributed by atoms with Crippen molar-refractivity contribution >= 4 is 5.91 Å². The third kappa shape index (κ3) is 3.92. The Kier molecular flexibility index (Phi) is 5.76. The summed E-state index contributed by atoms with van der Waals surface area (Å²) >= 11 is 0. The molecule has 0 fully saturated rings. The van der Waals surface area contributed by atoms with Gasteiger partial charge in [0.15, 0.2) is 11.6 Å². The van der Waals surface area contributed by atoms with Crippen molar-refractivity contribution in [2.75, 3.05) is 13.7 Å². The summed E-state index contributed by atoms with van der Waals surface area (Å²) in [6, 6.07) is 4.24. The highest BCUT2D eigenvalue weighted by Gasteiger charge is 2.20. The molecule has 2 N–H and O–H groups in total. The lowest BCUT2D eigenvalue weighted by Gasteiger charge is -2.21. The molecule has 1 aromatic carbocycles. The van der Waals surface area contributed by atoms with Crippen LogP contribution in [0.4, 0.5) is 4.39 Å². The van der Waals surface area contributed by atoms with Gasteiger partial charge in [0.1, 0.15) is 0 Å². The zero-order chi connectivity index (χ0) is 14.4. The lowest BCUT2D eigenvalue weighted by Crippen LogP contribution is -2.39. The molecular formula is C14H20FNO3. The molecule has 0 spiro atoms. The number of hydrogen-bond donors (Lipinski definition) is 2. The molecule has 4 nitrogen and oxygen atoms in total. The number of carbonyl (C=O) groups is 1. The number of benzene rings is 1. The minimum absolute atomic E-state index is 0.0241. The van der Waals surface area contributed by atoms with E-state index in [0.717, 1.165) is 0 Å². The van der Waals surface area contributed by atoms with Crippen LogP contribution >= 0.6 is 0 Å². The van der Waals surface area contributed by atoms with E-state index in [2.05, 4.69) is 5.32 Å². The van der Waals surface area contributed by atoms with Crippen LogP contribution in [0.15, 0.2) is 18.2 Å². The van der Waals surface area contributed by atoms with Crippen molar-refractivity contribution in [3.63, 3.8) is 0 Å². The van der Waals surface area contributed by atoms with Crippen molar-refractivity contribution in [3.05, 3.63) is 29.6 Å². The zero-order valence-electron chi connectivity index (χ0n) is 11.4. The summed E-state index contributed by atoms with van der Waals surface area (Å²) in [5.41, 5.74) is -0.0528. The molecule has 5 heteroatoms. The summed E-state index contributed by atoms with van der Waals surface area (Å²) in [6.07, 6.45) is 0.439. The number of hydrogen-bond acceptors (Lipinski definition) is 3. The Hall–Kier alpha value is -1.62. The van der Waals surface area contributed by atoms with Gasteiger partial charge in [0, 0.05) is 12.6 Å². The van der Waals surface area contributed by atoms with E-state index in [1.807, 2.05) is 13.8 Å². The summed E-state index contributed by atoms with van der Waals surface area (Å²) in [5, 5.41) is 11.7. The Bertz CT molecular complexity index is 435. The van der Waals surface area contributed by atoms with Crippen molar-refractivity contribution < 1.29 is 19.0 Å². The van der Waals surface area contributed by atoms with Crippen molar-refractivity contribution in [1.29, 1.82) is 0 Å². The van der Waals surface area contributed by atoms with E-state index >= 15 is 0 Å². The molecular weight excluding hydrogens is 249 g/mol. The topological polar surface area (TPSA) is 58.6 Å². The number of rotatable bonds is 6. The van der Waals surface area contributed by atoms with Crippen LogP contribution in [0, 0.1) is 11.7 Å². The van der Waals surface area contributed by atoms with Crippen LogP contribution in [0.3, 0.4) is 0 Å². The number of halogens is 1. The molecule has 0 saturated carbocycles. The number of aliphatic hydroxyl groups excluding tert-OH is 1. The lowest BCUT2D eigenvalue weighted by molar-refractivity contribution is 0.0911. The van der Waals surface area contributed by atoms with Crippen LogP contribution in [0.1, 0.15) is 30.6 Å². The maximum absolute atomic E-state index is 13.9. The van der Waals surface area contributed by atoms with Crippen molar-refractivity contribution in [3.8, 4) is 5.75 Å². The molecule has 1 unspecified atom stereocenters. The molecule has 1 rings (SSSR count). The maximum Gasteiger partial charge on any atom is 0.254 e. The van der Waals surface area contributed by atoms with Crippen LogP contribution in [0.5, 0.6) is 5.75 Å². The van der Waals surface area contributed by atoms with Crippen LogP contribution < -0.4 is 10.1 Å². The molecule has 0 aliphatic rings. The molecule has 19 heavy (non-hydrogen) atoms. The highest BCUT2D eigenvalue weighted by Crippen LogP contribution is 2.20. The van der Waals surface area contributed by atoms with Crippen LogP contribution in [-0.4, -0.2) is 30.8 Å². The first kappa shape index (κ1) is 15.4. The predicted octanol–water partition coefficient (Wildman–Crippen LogP) is 1.97. The number of amides is 1. The summed E-state index contributed by atoms with van der Waals surface area (Å²) < 4.78 is 18.8. The monoisotopic (exact) mass is 269 g/mol. The van der Waals surface area contributed by atoms with Gasteiger partial charge in [-0.3, -0.25) is 4.79 Å². The van der Waals surface area contributed by atoms with E-state index in [-0.39, 0.29) is 29.9 Å². The zero-order valence-corrected chi connectivity index (χ0v) is 11.4. The van der Waals surface area contributed by atoms with E-state index in [9.17, 15) is 9.18 Å². The first-order valence-corrected chi connectivity index (χ1v) is 6.25. The van der Waals surface area contributed by atoms with Gasteiger partial charge in [0.05, 0.1) is 12.7 Å². The molecule has 106 valence electrons. The molecule has 0 radical (unpaired) electrons. The number of carbonyl (C=O) groups excluding carboxylic acids is 1. The van der Waals surface area contributed by atoms with Crippen molar-refractivity contribution in [1.82, 2.24) is 5.32 Å². The maximum atomic E-state index is 13.9. The first-order valence-electron chi connectivity index (χ1n) is 6.25. The summed E-state index contributed by atoms with van der Waals surface area (Å²) in [6.45, 7) is 3.84. The molecule has 0 saturated heterocycles. The van der Waals surface area contributed by atoms with Gasteiger partial charge < -0.3 is 15.2 Å². The lowest BCUT2D eigenvalue weighted by atomic mass is 10.0. The fourth-order valence-corrected chi connectivity index (χ4v) is 1.80. The minimum Gasteiger partial charge on any atom is -0.494 e. The number of ether oxygens (including phenoxy) is 1. The Morgan fingerprint density at radius 1 is 1.47 bits per heavy atom. The third-order valence-electron chi connectivity index (χ3n) is 2.99. The van der Waals surface area contributed by atoms with Gasteiger partial charge in [-0.1, -0.05) is 19.9 Å². The predicted molar refractivity (Wildman–Crippen MR) is 70.7 cm³/mol. The molecule has 1 amide bonds. The number of nitrogens with one attached hydrogen (secondary N) is 1. The SMILES string of the molecule is COc1cccc(C(=O)NC(CCO)C(C)C)c1F. The molecule has 1 atom stereocenters. The highest BCUT2D eigenvalue weighted by atomic mass is 19.1. The van der Waals surface area contributed by atoms with Gasteiger partial charge >= 0.3 is 0 Å². The van der Waals surface area contributed by atoms with Gasteiger partial charge in [-0.05, 0) is 24.5 Å². The Morgan fingerprint density at radius 2 is 2.16 bits per heavy atom. The molecule has 1 aromatic rings. The van der Waals surface area contributed by atoms with E-state index in [1.165, 1.54) is 19.2 Å². The molecule has 0 heterocycles. The standard InChI is InChI=1S/C14H20FNO3/c1-9(2)11(7-8-17)16-14(18)10-5-4-6-12(19-3)13(10)15/h4-6,9,11,17H,7-8H2,1-3H3,(H,16,18). The van der Waals surface area contributed by atoms with Gasteiger partial charge in [-0.15, -0.1) is 0 Å². The van der Waals surface area contributed by atoms with Crippen LogP contribution in [-0.2, 0) is 0 Å². The number of methoxy groups -OCH3 is 1. The van der Waals surface area contributed by atoms with E-state index in [4.69, 9.17) is 9.84 Å². The normalized spacial score (nSPS) is 12.3. The highest BCUT2D eigenvalue weighted by molar-refractivity contribution is 5.95. The largest absolute Gasteiger partial charge is 0.494 e. The van der Waals surface area contributed by atoms with Crippen LogP contribution in [0.25, 0.3) is 0 Å². The smallest absolute Gasteiger partial charge is 0.254 e. The summed E-state index contributed by atoms with van der Waals surface area (Å²) in [4.78, 5) is 12.0. The van der Waals surface area contributed by atoms with Crippen LogP contribution in [0.2, 0.25) is 0 Å². The van der Waals surface area contributed by atoms with Gasteiger partial charge in [-0.25, -0.2) is 4.39 Å². The second-order valence-electron chi connectivity index (χ2n) is 4.66. The second kappa shape index (κ2) is 7.09. The average molecular weight is 269 g/mol. The molecule has 0 aliphatic heterocycles. The molecule has 0 bridgehead atoms. The second-order valence-corrected chi connectivity index (χ2v) is 4.66. The summed E-state index contributed by atoms with van der Waals surface area (Å²) in [5.74, 6) is -0.974. The summed E-state index contributed by atoms with van der Waals surface area (Å²) in [7, 11) is 1.35.